The molecule has 1 N–H and O–H groups in total. The summed E-state index contributed by atoms with van der Waals surface area (Å²) < 4.78 is 4.86. The smallest absolute Gasteiger partial charge is 0.338 e. The van der Waals surface area contributed by atoms with E-state index in [0.29, 0.717) is 16.7 Å². The van der Waals surface area contributed by atoms with Gasteiger partial charge in [-0.2, -0.15) is 0 Å². The molecule has 0 spiro atoms. The van der Waals surface area contributed by atoms with Gasteiger partial charge >= 0.3 is 5.97 Å². The van der Waals surface area contributed by atoms with Crippen LogP contribution in [0.25, 0.3) is 5.57 Å². The summed E-state index contributed by atoms with van der Waals surface area (Å²) in [6, 6.07) is 5.63. The Morgan fingerprint density at radius 3 is 2.68 bits per heavy atom. The molecule has 3 nitrogen and oxygen atoms in total. The normalized spacial score (nSPS) is 10.3. The Hall–Kier alpha value is -1.61. The maximum Gasteiger partial charge on any atom is 0.338 e. The summed E-state index contributed by atoms with van der Waals surface area (Å²) in [6.07, 6.45) is 4.14. The quantitative estimate of drug-likeness (QED) is 0.606. The highest BCUT2D eigenvalue weighted by atomic mass is 16.5. The molecule has 0 aliphatic rings. The topological polar surface area (TPSA) is 46.5 Å². The van der Waals surface area contributed by atoms with Crippen LogP contribution >= 0.6 is 0 Å². The zero-order chi connectivity index (χ0) is 14.3. The van der Waals surface area contributed by atoms with Gasteiger partial charge in [-0.1, -0.05) is 44.5 Å². The minimum atomic E-state index is -0.364. The predicted octanol–water partition coefficient (Wildman–Crippen LogP) is 3.21. The van der Waals surface area contributed by atoms with Gasteiger partial charge in [-0.05, 0) is 29.5 Å². The summed E-state index contributed by atoms with van der Waals surface area (Å²) in [6.45, 7) is 5.78. The van der Waals surface area contributed by atoms with Crippen LogP contribution in [0.3, 0.4) is 0 Å². The van der Waals surface area contributed by atoms with Crippen molar-refractivity contribution < 1.29 is 14.6 Å². The highest BCUT2D eigenvalue weighted by Gasteiger charge is 2.17. The summed E-state index contributed by atoms with van der Waals surface area (Å²) in [7, 11) is 1.37. The van der Waals surface area contributed by atoms with Crippen LogP contribution in [0.2, 0.25) is 0 Å². The Balaban J connectivity index is 3.14. The van der Waals surface area contributed by atoms with E-state index in [1.54, 1.807) is 6.07 Å². The number of hydrogen-bond acceptors (Lipinski definition) is 3. The molecule has 104 valence electrons. The van der Waals surface area contributed by atoms with Crippen molar-refractivity contribution in [3.8, 4) is 0 Å². The van der Waals surface area contributed by atoms with Gasteiger partial charge in [-0.3, -0.25) is 0 Å². The zero-order valence-electron chi connectivity index (χ0n) is 11.7. The second kappa shape index (κ2) is 7.74. The molecule has 1 rings (SSSR count). The van der Waals surface area contributed by atoms with Gasteiger partial charge in [-0.25, -0.2) is 4.79 Å². The first-order valence-corrected chi connectivity index (χ1v) is 6.64. The SMILES string of the molecule is C=C(CO)c1cccc(CCCCC)c1C(=O)OC. The fourth-order valence-electron chi connectivity index (χ4n) is 2.10. The molecule has 0 saturated heterocycles. The van der Waals surface area contributed by atoms with Gasteiger partial charge < -0.3 is 9.84 Å². The molecule has 0 fully saturated rings. The summed E-state index contributed by atoms with van der Waals surface area (Å²) in [5, 5.41) is 9.22. The van der Waals surface area contributed by atoms with Crippen LogP contribution in [0, 0.1) is 0 Å². The van der Waals surface area contributed by atoms with Crippen LogP contribution in [0.1, 0.15) is 47.7 Å². The lowest BCUT2D eigenvalue weighted by Crippen LogP contribution is -2.10. The predicted molar refractivity (Wildman–Crippen MR) is 77.1 cm³/mol. The van der Waals surface area contributed by atoms with Gasteiger partial charge in [0.05, 0.1) is 19.3 Å². The van der Waals surface area contributed by atoms with Crippen LogP contribution in [-0.4, -0.2) is 24.8 Å². The Morgan fingerprint density at radius 2 is 2.11 bits per heavy atom. The lowest BCUT2D eigenvalue weighted by molar-refractivity contribution is 0.0599. The third kappa shape index (κ3) is 3.93. The maximum absolute atomic E-state index is 12.0. The number of hydrogen-bond donors (Lipinski definition) is 1. The lowest BCUT2D eigenvalue weighted by Gasteiger charge is -2.13. The molecule has 19 heavy (non-hydrogen) atoms. The molecule has 0 aliphatic heterocycles. The van der Waals surface area contributed by atoms with Crippen molar-refractivity contribution in [2.24, 2.45) is 0 Å². The fourth-order valence-corrected chi connectivity index (χ4v) is 2.10. The van der Waals surface area contributed by atoms with E-state index in [2.05, 4.69) is 13.5 Å². The van der Waals surface area contributed by atoms with E-state index in [-0.39, 0.29) is 12.6 Å². The first-order chi connectivity index (χ1) is 9.15. The van der Waals surface area contributed by atoms with E-state index in [4.69, 9.17) is 4.74 Å². The van der Waals surface area contributed by atoms with E-state index < -0.39 is 0 Å². The van der Waals surface area contributed by atoms with Crippen molar-refractivity contribution in [3.05, 3.63) is 41.5 Å². The number of aryl methyl sites for hydroxylation is 1. The minimum Gasteiger partial charge on any atom is -0.465 e. The molecule has 1 aromatic rings. The van der Waals surface area contributed by atoms with E-state index in [1.165, 1.54) is 7.11 Å². The molecular formula is C16H22O3. The zero-order valence-corrected chi connectivity index (χ0v) is 11.7. The fraction of sp³-hybridized carbons (Fsp3) is 0.438. The van der Waals surface area contributed by atoms with Crippen molar-refractivity contribution in [1.82, 2.24) is 0 Å². The van der Waals surface area contributed by atoms with Gasteiger partial charge in [0.15, 0.2) is 0 Å². The molecule has 0 radical (unpaired) electrons. The first-order valence-electron chi connectivity index (χ1n) is 6.64. The van der Waals surface area contributed by atoms with Crippen LogP contribution in [0.15, 0.2) is 24.8 Å². The van der Waals surface area contributed by atoms with E-state index in [9.17, 15) is 9.90 Å². The summed E-state index contributed by atoms with van der Waals surface area (Å²) in [5.41, 5.74) is 2.73. The van der Waals surface area contributed by atoms with Gasteiger partial charge in [0, 0.05) is 0 Å². The van der Waals surface area contributed by atoms with Crippen molar-refractivity contribution in [3.63, 3.8) is 0 Å². The molecule has 0 unspecified atom stereocenters. The van der Waals surface area contributed by atoms with Gasteiger partial charge in [0.2, 0.25) is 0 Å². The third-order valence-corrected chi connectivity index (χ3v) is 3.16. The second-order valence-electron chi connectivity index (χ2n) is 4.55. The summed E-state index contributed by atoms with van der Waals surface area (Å²) >= 11 is 0. The Bertz CT molecular complexity index is 449. The number of methoxy groups -OCH3 is 1. The standard InChI is InChI=1S/C16H22O3/c1-4-5-6-8-13-9-7-10-14(12(2)11-17)15(13)16(18)19-3/h7,9-10,17H,2,4-6,8,11H2,1,3H3. The number of rotatable bonds is 7. The molecule has 0 aromatic heterocycles. The largest absolute Gasteiger partial charge is 0.465 e. The van der Waals surface area contributed by atoms with Gasteiger partial charge in [0.25, 0.3) is 0 Å². The van der Waals surface area contributed by atoms with E-state index in [0.717, 1.165) is 31.2 Å². The molecule has 0 amide bonds. The number of unbranched alkanes of at least 4 members (excludes halogenated alkanes) is 2. The second-order valence-corrected chi connectivity index (χ2v) is 4.55. The number of benzene rings is 1. The first kappa shape index (κ1) is 15.4. The summed E-state index contributed by atoms with van der Waals surface area (Å²) in [5.74, 6) is -0.364. The van der Waals surface area contributed by atoms with Gasteiger partial charge in [0.1, 0.15) is 0 Å². The Kier molecular flexibility index (Phi) is 6.30. The molecular weight excluding hydrogens is 240 g/mol. The third-order valence-electron chi connectivity index (χ3n) is 3.16. The molecule has 0 aliphatic carbocycles. The van der Waals surface area contributed by atoms with Crippen LogP contribution in [0.4, 0.5) is 0 Å². The molecule has 3 heteroatoms. The Labute approximate surface area is 114 Å². The molecule has 0 saturated carbocycles. The van der Waals surface area contributed by atoms with Crippen LogP contribution in [-0.2, 0) is 11.2 Å². The summed E-state index contributed by atoms with van der Waals surface area (Å²) in [4.78, 5) is 12.0. The number of ether oxygens (including phenoxy) is 1. The van der Waals surface area contributed by atoms with Crippen LogP contribution in [0.5, 0.6) is 0 Å². The minimum absolute atomic E-state index is 0.164. The number of esters is 1. The molecule has 0 bridgehead atoms. The van der Waals surface area contributed by atoms with Crippen molar-refractivity contribution in [2.45, 2.75) is 32.6 Å². The Morgan fingerprint density at radius 1 is 1.37 bits per heavy atom. The number of carbonyl (C=O) groups is 1. The van der Waals surface area contributed by atoms with E-state index in [1.807, 2.05) is 12.1 Å². The van der Waals surface area contributed by atoms with Gasteiger partial charge in [-0.15, -0.1) is 0 Å². The molecule has 0 atom stereocenters. The number of carbonyl (C=O) groups excluding carboxylic acids is 1. The lowest BCUT2D eigenvalue weighted by atomic mass is 9.93. The average Bonchev–Trinajstić information content (AvgIpc) is 2.45. The van der Waals surface area contributed by atoms with Crippen molar-refractivity contribution in [1.29, 1.82) is 0 Å². The van der Waals surface area contributed by atoms with Crippen molar-refractivity contribution in [2.75, 3.05) is 13.7 Å². The van der Waals surface area contributed by atoms with E-state index >= 15 is 0 Å². The number of aliphatic hydroxyl groups excluding tert-OH is 1. The molecule has 0 heterocycles. The highest BCUT2D eigenvalue weighted by molar-refractivity contribution is 5.96. The molecule has 1 aromatic carbocycles. The number of aliphatic hydroxyl groups is 1. The van der Waals surface area contributed by atoms with Crippen molar-refractivity contribution >= 4 is 11.5 Å². The monoisotopic (exact) mass is 262 g/mol. The average molecular weight is 262 g/mol. The van der Waals surface area contributed by atoms with Crippen LogP contribution < -0.4 is 0 Å². The maximum atomic E-state index is 12.0. The highest BCUT2D eigenvalue weighted by Crippen LogP contribution is 2.23.